The van der Waals surface area contributed by atoms with Gasteiger partial charge in [0.05, 0.1) is 23.6 Å². The lowest BCUT2D eigenvalue weighted by Crippen LogP contribution is -2.28. The van der Waals surface area contributed by atoms with E-state index in [-0.39, 0.29) is 5.75 Å². The van der Waals surface area contributed by atoms with E-state index in [9.17, 15) is 9.90 Å². The zero-order valence-corrected chi connectivity index (χ0v) is 27.6. The lowest BCUT2D eigenvalue weighted by atomic mass is 9.86. The number of benzene rings is 2. The highest BCUT2D eigenvalue weighted by molar-refractivity contribution is 6.01. The van der Waals surface area contributed by atoms with E-state index in [0.29, 0.717) is 46.4 Å². The molecule has 0 radical (unpaired) electrons. The van der Waals surface area contributed by atoms with Crippen molar-refractivity contribution in [2.45, 2.75) is 65.6 Å². The van der Waals surface area contributed by atoms with Crippen molar-refractivity contribution in [1.82, 2.24) is 14.5 Å². The van der Waals surface area contributed by atoms with Crippen molar-refractivity contribution in [3.63, 3.8) is 0 Å². The van der Waals surface area contributed by atoms with Gasteiger partial charge in [0.25, 0.3) is 0 Å². The number of carbonyl (C=O) groups is 1. The van der Waals surface area contributed by atoms with Gasteiger partial charge in [-0.15, -0.1) is 0 Å². The van der Waals surface area contributed by atoms with Crippen molar-refractivity contribution >= 4 is 22.7 Å². The first kappa shape index (κ1) is 30.9. The highest BCUT2D eigenvalue weighted by Crippen LogP contribution is 2.45. The second-order valence-corrected chi connectivity index (χ2v) is 13.5. The highest BCUT2D eigenvalue weighted by atomic mass is 19.1. The number of pyridine rings is 2. The van der Waals surface area contributed by atoms with Crippen LogP contribution in [-0.4, -0.2) is 44.4 Å². The first-order valence-corrected chi connectivity index (χ1v) is 16.1. The van der Waals surface area contributed by atoms with Crippen LogP contribution in [-0.2, 0) is 29.4 Å². The van der Waals surface area contributed by atoms with E-state index in [2.05, 4.69) is 34.6 Å². The minimum Gasteiger partial charge on any atom is -0.490 e. The number of anilines is 1. The number of nitrogens with one attached hydrogen (secondary N) is 1. The van der Waals surface area contributed by atoms with Gasteiger partial charge in [-0.2, -0.15) is 0 Å². The predicted octanol–water partition coefficient (Wildman–Crippen LogP) is 7.96. The van der Waals surface area contributed by atoms with Crippen LogP contribution in [0.5, 0.6) is 5.75 Å². The molecule has 0 unspecified atom stereocenters. The summed E-state index contributed by atoms with van der Waals surface area (Å²) in [6, 6.07) is 13.9. The van der Waals surface area contributed by atoms with E-state index in [1.165, 1.54) is 11.6 Å². The first-order chi connectivity index (χ1) is 22.4. The van der Waals surface area contributed by atoms with Crippen LogP contribution >= 0.6 is 0 Å². The third-order valence-corrected chi connectivity index (χ3v) is 9.24. The molecular weight excluding hydrogens is 595 g/mol. The summed E-state index contributed by atoms with van der Waals surface area (Å²) in [5, 5.41) is 14.7. The summed E-state index contributed by atoms with van der Waals surface area (Å²) < 4.78 is 29.8. The molecule has 2 aliphatic rings. The molecule has 8 nitrogen and oxygen atoms in total. The maximum absolute atomic E-state index is 15.8. The average Bonchev–Trinajstić information content (AvgIpc) is 3.64. The summed E-state index contributed by atoms with van der Waals surface area (Å²) in [5.74, 6) is -1.32. The van der Waals surface area contributed by atoms with E-state index in [0.717, 1.165) is 58.7 Å². The molecule has 2 aliphatic heterocycles. The van der Waals surface area contributed by atoms with Crippen LogP contribution in [0.25, 0.3) is 44.7 Å². The summed E-state index contributed by atoms with van der Waals surface area (Å²) in [5.41, 5.74) is 9.79. The Morgan fingerprint density at radius 2 is 1.91 bits per heavy atom. The van der Waals surface area contributed by atoms with Crippen LogP contribution in [0.1, 0.15) is 61.2 Å². The molecule has 0 bridgehead atoms. The van der Waals surface area contributed by atoms with Crippen molar-refractivity contribution in [3.8, 4) is 39.4 Å². The largest absolute Gasteiger partial charge is 0.490 e. The lowest BCUT2D eigenvalue weighted by Gasteiger charge is -2.29. The summed E-state index contributed by atoms with van der Waals surface area (Å²) in [6.45, 7) is 10.6. The topological polar surface area (TPSA) is 98.5 Å². The Kier molecular flexibility index (Phi) is 7.55. The van der Waals surface area contributed by atoms with Gasteiger partial charge in [-0.05, 0) is 101 Å². The van der Waals surface area contributed by atoms with Gasteiger partial charge in [-0.3, -0.25) is 4.98 Å². The van der Waals surface area contributed by atoms with Crippen LogP contribution in [0.2, 0.25) is 0 Å². The lowest BCUT2D eigenvalue weighted by molar-refractivity contribution is -0.160. The monoisotopic (exact) mass is 634 g/mol. The second kappa shape index (κ2) is 11.5. The van der Waals surface area contributed by atoms with Gasteiger partial charge in [0.15, 0.2) is 17.7 Å². The number of carboxylic acid groups (broad SMARTS) is 1. The van der Waals surface area contributed by atoms with Gasteiger partial charge in [0, 0.05) is 64.4 Å². The van der Waals surface area contributed by atoms with Gasteiger partial charge < -0.3 is 24.5 Å². The van der Waals surface area contributed by atoms with Crippen LogP contribution in [0, 0.1) is 19.7 Å². The minimum atomic E-state index is -1.33. The predicted molar refractivity (Wildman–Crippen MR) is 181 cm³/mol. The molecule has 0 saturated heterocycles. The zero-order chi connectivity index (χ0) is 33.2. The van der Waals surface area contributed by atoms with E-state index in [1.54, 1.807) is 13.1 Å². The zero-order valence-electron chi connectivity index (χ0n) is 27.6. The van der Waals surface area contributed by atoms with Crippen molar-refractivity contribution in [1.29, 1.82) is 0 Å². The Hall–Kier alpha value is -4.76. The molecular formula is C38H39FN4O4. The second-order valence-electron chi connectivity index (χ2n) is 13.5. The SMILES string of the molecule is Cc1nc2c(cc(-c3ccnc(-c4ccc5c(c4)NCC5)c3)n2C)c(-c2cc(F)c3c(c2C)CCCO3)c1[C@H](OC(C)(C)C)C(=O)O. The molecule has 2 aromatic carbocycles. The molecule has 5 aromatic rings. The standard InChI is InChI=1S/C38H39FN4O4/c1-20-25-8-7-15-46-34(25)28(39)18-26(20)33-27-19-31(24-12-14-41-30(17-24)23-10-9-22-11-13-40-29(22)16-23)43(6)36(27)42-21(2)32(33)35(37(44)45)47-38(3,4)5/h9-10,12,14,16-19,35,40H,7-8,11,13,15H2,1-6H3,(H,44,45)/t35-/m0/s1. The number of ether oxygens (including phenoxy) is 2. The Morgan fingerprint density at radius 3 is 2.68 bits per heavy atom. The van der Waals surface area contributed by atoms with Crippen LogP contribution in [0.15, 0.2) is 48.7 Å². The fourth-order valence-corrected chi connectivity index (χ4v) is 7.05. The van der Waals surface area contributed by atoms with E-state index in [1.807, 2.05) is 51.4 Å². The first-order valence-electron chi connectivity index (χ1n) is 16.1. The third-order valence-electron chi connectivity index (χ3n) is 9.24. The molecule has 9 heteroatoms. The van der Waals surface area contributed by atoms with Gasteiger partial charge in [-0.25, -0.2) is 14.2 Å². The van der Waals surface area contributed by atoms with E-state index >= 15 is 4.39 Å². The smallest absolute Gasteiger partial charge is 0.337 e. The normalized spacial score (nSPS) is 14.8. The van der Waals surface area contributed by atoms with Gasteiger partial charge in [-0.1, -0.05) is 12.1 Å². The van der Waals surface area contributed by atoms with Crippen LogP contribution in [0.3, 0.4) is 0 Å². The number of aryl methyl sites for hydroxylation is 2. The molecule has 3 aromatic heterocycles. The molecule has 0 amide bonds. The van der Waals surface area contributed by atoms with Crippen molar-refractivity contribution in [2.24, 2.45) is 7.05 Å². The molecule has 47 heavy (non-hydrogen) atoms. The molecule has 2 N–H and O–H groups in total. The number of nitrogens with zero attached hydrogens (tertiary/aromatic N) is 3. The molecule has 0 saturated carbocycles. The Morgan fingerprint density at radius 1 is 1.11 bits per heavy atom. The number of halogens is 1. The van der Waals surface area contributed by atoms with Gasteiger partial charge in [0.2, 0.25) is 0 Å². The molecule has 242 valence electrons. The third kappa shape index (κ3) is 5.42. The van der Waals surface area contributed by atoms with Gasteiger partial charge >= 0.3 is 5.97 Å². The molecule has 0 spiro atoms. The number of fused-ring (bicyclic) bond motifs is 3. The maximum atomic E-state index is 15.8. The number of hydrogen-bond acceptors (Lipinski definition) is 6. The summed E-state index contributed by atoms with van der Waals surface area (Å²) in [4.78, 5) is 22.6. The van der Waals surface area contributed by atoms with Crippen molar-refractivity contribution in [3.05, 3.63) is 82.4 Å². The summed E-state index contributed by atoms with van der Waals surface area (Å²) in [6.07, 6.45) is 2.93. The van der Waals surface area contributed by atoms with Crippen molar-refractivity contribution < 1.29 is 23.8 Å². The number of aliphatic carboxylic acids is 1. The van der Waals surface area contributed by atoms with Crippen molar-refractivity contribution in [2.75, 3.05) is 18.5 Å². The van der Waals surface area contributed by atoms with Gasteiger partial charge in [0.1, 0.15) is 5.65 Å². The summed E-state index contributed by atoms with van der Waals surface area (Å²) in [7, 11) is 1.95. The maximum Gasteiger partial charge on any atom is 0.337 e. The number of aromatic nitrogens is 3. The Labute approximate surface area is 273 Å². The van der Waals surface area contributed by atoms with Crippen LogP contribution in [0.4, 0.5) is 10.1 Å². The fraction of sp³-hybridized carbons (Fsp3) is 0.342. The number of carboxylic acids is 1. The quantitative estimate of drug-likeness (QED) is 0.196. The fourth-order valence-electron chi connectivity index (χ4n) is 7.05. The molecule has 5 heterocycles. The molecule has 0 fully saturated rings. The summed E-state index contributed by atoms with van der Waals surface area (Å²) >= 11 is 0. The highest BCUT2D eigenvalue weighted by Gasteiger charge is 2.34. The Balaban J connectivity index is 1.48. The Bertz CT molecular complexity index is 2080. The van der Waals surface area contributed by atoms with Crippen LogP contribution < -0.4 is 10.1 Å². The molecule has 7 rings (SSSR count). The molecule has 0 aliphatic carbocycles. The average molecular weight is 635 g/mol. The number of rotatable bonds is 6. The van der Waals surface area contributed by atoms with E-state index < -0.39 is 23.5 Å². The minimum absolute atomic E-state index is 0.279. The number of hydrogen-bond donors (Lipinski definition) is 2. The van der Waals surface area contributed by atoms with E-state index in [4.69, 9.17) is 14.5 Å². The molecule has 1 atom stereocenters.